The second-order valence-electron chi connectivity index (χ2n) is 11.4. The summed E-state index contributed by atoms with van der Waals surface area (Å²) in [5.74, 6) is 1.73. The molecule has 6 fully saturated rings. The molecule has 4 aliphatic heterocycles. The molecule has 6 aliphatic rings. The number of hydrogen-bond donors (Lipinski definition) is 2. The first kappa shape index (κ1) is 22.7. The quantitative estimate of drug-likeness (QED) is 0.573. The lowest BCUT2D eigenvalue weighted by Gasteiger charge is -2.53. The largest absolute Gasteiger partial charge is 0.393 e. The summed E-state index contributed by atoms with van der Waals surface area (Å²) in [4.78, 5) is 19.0. The molecule has 0 spiro atoms. The molecule has 6 rings (SSSR count). The molecule has 2 aliphatic carbocycles. The fourth-order valence-corrected chi connectivity index (χ4v) is 9.04. The zero-order valence-corrected chi connectivity index (χ0v) is 20.2. The van der Waals surface area contributed by atoms with Crippen LogP contribution < -0.4 is 5.32 Å². The van der Waals surface area contributed by atoms with Crippen LogP contribution in [0.25, 0.3) is 0 Å². The van der Waals surface area contributed by atoms with E-state index in [9.17, 15) is 9.90 Å². The van der Waals surface area contributed by atoms with Crippen LogP contribution in [0.1, 0.15) is 32.1 Å². The van der Waals surface area contributed by atoms with Crippen molar-refractivity contribution in [3.05, 3.63) is 0 Å². The van der Waals surface area contributed by atoms with E-state index < -0.39 is 0 Å². The van der Waals surface area contributed by atoms with Gasteiger partial charge in [0.15, 0.2) is 0 Å². The van der Waals surface area contributed by atoms with Crippen LogP contribution in [-0.4, -0.2) is 111 Å². The van der Waals surface area contributed by atoms with Gasteiger partial charge in [0.25, 0.3) is 0 Å². The number of nitrogens with zero attached hydrogens (tertiary/aromatic N) is 2. The normalized spacial score (nSPS) is 50.0. The Morgan fingerprint density at radius 2 is 1.88 bits per heavy atom. The number of fused-ring (bicyclic) bond motifs is 5. The van der Waals surface area contributed by atoms with Crippen LogP contribution in [0.4, 0.5) is 0 Å². The minimum absolute atomic E-state index is 0.00298. The first-order valence-corrected chi connectivity index (χ1v) is 13.3. The maximum Gasteiger partial charge on any atom is 0.229 e. The van der Waals surface area contributed by atoms with Gasteiger partial charge in [-0.1, -0.05) is 0 Å². The molecule has 11 atom stereocenters. The number of morpholine rings is 1. The average Bonchev–Trinajstić information content (AvgIpc) is 3.19. The molecule has 3 N–H and O–H groups in total. The number of nitrogens with two attached hydrogens (primary N) is 1. The van der Waals surface area contributed by atoms with Crippen LogP contribution in [0, 0.1) is 29.6 Å². The first-order chi connectivity index (χ1) is 16.1. The second kappa shape index (κ2) is 9.03. The summed E-state index contributed by atoms with van der Waals surface area (Å²) in [6.45, 7) is 5.54. The van der Waals surface area contributed by atoms with Crippen molar-refractivity contribution in [1.29, 1.82) is 0 Å². The maximum absolute atomic E-state index is 14.2. The Morgan fingerprint density at radius 3 is 2.64 bits per heavy atom. The fraction of sp³-hybridized carbons (Fsp3) is 0.960. The molecule has 0 aromatic carbocycles. The third-order valence-corrected chi connectivity index (χ3v) is 10.3. The van der Waals surface area contributed by atoms with E-state index in [-0.39, 0.29) is 36.2 Å². The number of carbonyl (C=O) groups excluding carboxylic acids is 1. The van der Waals surface area contributed by atoms with Crippen LogP contribution in [0.15, 0.2) is 0 Å². The molecule has 0 aromatic heterocycles. The lowest BCUT2D eigenvalue weighted by atomic mass is 9.63. The standard InChI is InChI=1S/C25H41N3O5/c1-31-19-6-3-14-21(24(19)32-2)25(30)28-17-4-5-18(29)16(13-27-9-11-33-12-10-27)20(17)15-7-8-26-22(14)23(15)28/h14-24,26,29H,3-13H2,1-2H3/p+1. The van der Waals surface area contributed by atoms with E-state index >= 15 is 0 Å². The molecule has 0 bridgehead atoms. The van der Waals surface area contributed by atoms with Crippen LogP contribution in [0.3, 0.4) is 0 Å². The number of methoxy groups -OCH3 is 2. The van der Waals surface area contributed by atoms with Crippen molar-refractivity contribution in [1.82, 2.24) is 9.80 Å². The van der Waals surface area contributed by atoms with Crippen molar-refractivity contribution in [2.24, 2.45) is 29.6 Å². The SMILES string of the molecule is COC1CCC2C3[NH2+]CCC4C5C(CN6CCOCC6)C(O)CCC5N(C(=O)C2C1OC)C43. The number of aliphatic hydroxyl groups is 1. The van der Waals surface area contributed by atoms with Crippen LogP contribution in [0.2, 0.25) is 0 Å². The molecule has 186 valence electrons. The maximum atomic E-state index is 14.2. The summed E-state index contributed by atoms with van der Waals surface area (Å²) >= 11 is 0. The van der Waals surface area contributed by atoms with E-state index in [2.05, 4.69) is 15.1 Å². The molecular formula is C25H42N3O5+. The predicted molar refractivity (Wildman–Crippen MR) is 120 cm³/mol. The highest BCUT2D eigenvalue weighted by molar-refractivity contribution is 5.82. The van der Waals surface area contributed by atoms with Crippen molar-refractivity contribution < 1.29 is 29.4 Å². The van der Waals surface area contributed by atoms with Crippen LogP contribution in [-0.2, 0) is 19.0 Å². The molecule has 2 saturated carbocycles. The molecule has 0 radical (unpaired) electrons. The lowest BCUT2D eigenvalue weighted by molar-refractivity contribution is -0.714. The summed E-state index contributed by atoms with van der Waals surface area (Å²) in [6, 6.07) is 1.03. The van der Waals surface area contributed by atoms with E-state index in [1.165, 1.54) is 0 Å². The topological polar surface area (TPSA) is 88.1 Å². The van der Waals surface area contributed by atoms with E-state index in [4.69, 9.17) is 14.2 Å². The van der Waals surface area contributed by atoms with Crippen LogP contribution >= 0.6 is 0 Å². The lowest BCUT2D eigenvalue weighted by Crippen LogP contribution is -2.99. The summed E-state index contributed by atoms with van der Waals surface area (Å²) < 4.78 is 17.3. The van der Waals surface area contributed by atoms with E-state index in [0.717, 1.165) is 71.5 Å². The van der Waals surface area contributed by atoms with Gasteiger partial charge in [0, 0.05) is 58.2 Å². The zero-order chi connectivity index (χ0) is 22.7. The van der Waals surface area contributed by atoms with E-state index in [1.807, 2.05) is 0 Å². The van der Waals surface area contributed by atoms with Crippen molar-refractivity contribution >= 4 is 5.91 Å². The average molecular weight is 465 g/mol. The van der Waals surface area contributed by atoms with Gasteiger partial charge in [-0.15, -0.1) is 0 Å². The molecule has 11 unspecified atom stereocenters. The third kappa shape index (κ3) is 3.51. The summed E-state index contributed by atoms with van der Waals surface area (Å²) in [6.07, 6.45) is 4.48. The van der Waals surface area contributed by atoms with Gasteiger partial charge in [0.05, 0.1) is 50.0 Å². The molecule has 33 heavy (non-hydrogen) atoms. The van der Waals surface area contributed by atoms with Crippen molar-refractivity contribution in [2.45, 2.75) is 68.5 Å². The predicted octanol–water partition coefficient (Wildman–Crippen LogP) is -0.693. The molecule has 8 heteroatoms. The number of piperidine rings is 2. The molecule has 4 saturated heterocycles. The molecule has 0 aromatic rings. The zero-order valence-electron chi connectivity index (χ0n) is 20.2. The van der Waals surface area contributed by atoms with Gasteiger partial charge < -0.3 is 29.5 Å². The highest BCUT2D eigenvalue weighted by Crippen LogP contribution is 2.54. The minimum atomic E-state index is -0.262. The van der Waals surface area contributed by atoms with E-state index in [1.54, 1.807) is 14.2 Å². The van der Waals surface area contributed by atoms with Gasteiger partial charge >= 0.3 is 0 Å². The Labute approximate surface area is 197 Å². The summed E-state index contributed by atoms with van der Waals surface area (Å²) in [5.41, 5.74) is 0. The molecule has 4 heterocycles. The molecular weight excluding hydrogens is 422 g/mol. The number of amides is 1. The third-order valence-electron chi connectivity index (χ3n) is 10.3. The van der Waals surface area contributed by atoms with Gasteiger partial charge in [0.2, 0.25) is 5.91 Å². The Balaban J connectivity index is 1.33. The minimum Gasteiger partial charge on any atom is -0.393 e. The van der Waals surface area contributed by atoms with Crippen molar-refractivity contribution in [3.63, 3.8) is 0 Å². The first-order valence-electron chi connectivity index (χ1n) is 13.3. The molecule has 1 amide bonds. The molecule has 8 nitrogen and oxygen atoms in total. The van der Waals surface area contributed by atoms with Crippen molar-refractivity contribution in [2.75, 3.05) is 53.6 Å². The Bertz CT molecular complexity index is 733. The Hall–Kier alpha value is -0.770. The van der Waals surface area contributed by atoms with Crippen LogP contribution in [0.5, 0.6) is 0 Å². The van der Waals surface area contributed by atoms with Gasteiger partial charge in [-0.2, -0.15) is 0 Å². The van der Waals surface area contributed by atoms with Gasteiger partial charge in [-0.25, -0.2) is 0 Å². The number of quaternary nitrogens is 1. The highest BCUT2D eigenvalue weighted by atomic mass is 16.5. The van der Waals surface area contributed by atoms with E-state index in [0.29, 0.717) is 35.7 Å². The van der Waals surface area contributed by atoms with Gasteiger partial charge in [0.1, 0.15) is 6.04 Å². The van der Waals surface area contributed by atoms with Gasteiger partial charge in [-0.05, 0) is 37.5 Å². The second-order valence-corrected chi connectivity index (χ2v) is 11.4. The number of aliphatic hydroxyl groups excluding tert-OH is 1. The summed E-state index contributed by atoms with van der Waals surface area (Å²) in [7, 11) is 3.49. The number of carbonyl (C=O) groups is 1. The van der Waals surface area contributed by atoms with Gasteiger partial charge in [-0.3, -0.25) is 9.69 Å². The smallest absolute Gasteiger partial charge is 0.229 e. The van der Waals surface area contributed by atoms with Crippen molar-refractivity contribution in [3.8, 4) is 0 Å². The Morgan fingerprint density at radius 1 is 1.06 bits per heavy atom. The number of hydrogen-bond acceptors (Lipinski definition) is 6. The number of ether oxygens (including phenoxy) is 3. The highest BCUT2D eigenvalue weighted by Gasteiger charge is 2.67. The number of rotatable bonds is 4. The fourth-order valence-electron chi connectivity index (χ4n) is 9.04. The summed E-state index contributed by atoms with van der Waals surface area (Å²) in [5, 5.41) is 13.7. The Kier molecular flexibility index (Phi) is 6.20. The monoisotopic (exact) mass is 464 g/mol.